The van der Waals surface area contributed by atoms with E-state index in [0.29, 0.717) is 0 Å². The quantitative estimate of drug-likeness (QED) is 0.271. The number of hydrogen-bond acceptors (Lipinski definition) is 2. The second-order valence-corrected chi connectivity index (χ2v) is 9.53. The minimum atomic E-state index is 0.971. The number of hydrogen-bond donors (Lipinski definition) is 0. The summed E-state index contributed by atoms with van der Waals surface area (Å²) in [6, 6.07) is 30.9. The molecule has 0 bridgehead atoms. The molecule has 0 aliphatic rings. The lowest BCUT2D eigenvalue weighted by atomic mass is 9.94. The number of methoxy groups -OCH3 is 1. The third-order valence-corrected chi connectivity index (χ3v) is 7.89. The maximum Gasteiger partial charge on any atom is 0.122 e. The van der Waals surface area contributed by atoms with Crippen LogP contribution in [0.3, 0.4) is 0 Å². The van der Waals surface area contributed by atoms with Crippen molar-refractivity contribution in [2.75, 3.05) is 7.11 Å². The molecule has 1 heterocycles. The molecule has 0 saturated heterocycles. The summed E-state index contributed by atoms with van der Waals surface area (Å²) in [7, 11) is 1.77. The second-order valence-electron chi connectivity index (χ2n) is 8.48. The van der Waals surface area contributed by atoms with E-state index in [0.717, 1.165) is 18.6 Å². The van der Waals surface area contributed by atoms with Crippen molar-refractivity contribution in [1.29, 1.82) is 0 Å². The first-order valence-corrected chi connectivity index (χ1v) is 11.9. The molecule has 0 atom stereocenters. The third-order valence-electron chi connectivity index (χ3n) is 6.66. The van der Waals surface area contributed by atoms with Gasteiger partial charge in [0.25, 0.3) is 0 Å². The van der Waals surface area contributed by atoms with Crippen LogP contribution in [0.5, 0.6) is 5.75 Å². The smallest absolute Gasteiger partial charge is 0.122 e. The minimum absolute atomic E-state index is 0.971. The first-order valence-electron chi connectivity index (χ1n) is 11.1. The highest BCUT2D eigenvalue weighted by Gasteiger charge is 2.16. The summed E-state index contributed by atoms with van der Waals surface area (Å²) in [6.07, 6.45) is 1.96. The SMILES string of the molecule is COc1cccc(C)c1CCc1cc2ccccc2c2c1sc1ccc3ccccc3c12. The Bertz CT molecular complexity index is 1620. The summed E-state index contributed by atoms with van der Waals surface area (Å²) < 4.78 is 8.46. The number of aryl methyl sites for hydroxylation is 2. The van der Waals surface area contributed by atoms with E-state index in [1.807, 2.05) is 11.3 Å². The molecule has 0 fully saturated rings. The molecule has 0 aliphatic carbocycles. The summed E-state index contributed by atoms with van der Waals surface area (Å²) >= 11 is 1.94. The molecule has 5 aromatic carbocycles. The number of fused-ring (bicyclic) bond motifs is 7. The van der Waals surface area contributed by atoms with Crippen molar-refractivity contribution in [2.24, 2.45) is 0 Å². The highest BCUT2D eigenvalue weighted by atomic mass is 32.1. The fraction of sp³-hybridized carbons (Fsp3) is 0.133. The van der Waals surface area contributed by atoms with Crippen LogP contribution in [0.25, 0.3) is 41.7 Å². The summed E-state index contributed by atoms with van der Waals surface area (Å²) in [6.45, 7) is 2.18. The summed E-state index contributed by atoms with van der Waals surface area (Å²) in [5.74, 6) is 0.990. The molecule has 0 saturated carbocycles. The summed E-state index contributed by atoms with van der Waals surface area (Å²) in [5.41, 5.74) is 4.03. The normalized spacial score (nSPS) is 11.7. The molecule has 0 spiro atoms. The fourth-order valence-corrected chi connectivity index (χ4v) is 6.36. The van der Waals surface area contributed by atoms with Crippen LogP contribution in [0, 0.1) is 6.92 Å². The van der Waals surface area contributed by atoms with E-state index >= 15 is 0 Å². The minimum Gasteiger partial charge on any atom is -0.496 e. The van der Waals surface area contributed by atoms with Gasteiger partial charge in [0.05, 0.1) is 7.11 Å². The molecule has 0 unspecified atom stereocenters. The monoisotopic (exact) mass is 432 g/mol. The van der Waals surface area contributed by atoms with Crippen molar-refractivity contribution < 1.29 is 4.74 Å². The Morgan fingerprint density at radius 3 is 2.28 bits per heavy atom. The first kappa shape index (κ1) is 19.3. The van der Waals surface area contributed by atoms with Gasteiger partial charge in [-0.3, -0.25) is 0 Å². The zero-order chi connectivity index (χ0) is 21.7. The molecule has 0 N–H and O–H groups in total. The molecule has 1 nitrogen and oxygen atoms in total. The van der Waals surface area contributed by atoms with Crippen molar-refractivity contribution in [3.8, 4) is 5.75 Å². The molecule has 6 rings (SSSR count). The van der Waals surface area contributed by atoms with E-state index in [1.54, 1.807) is 7.11 Å². The van der Waals surface area contributed by atoms with Crippen LogP contribution in [0.4, 0.5) is 0 Å². The van der Waals surface area contributed by atoms with Gasteiger partial charge in [0.1, 0.15) is 5.75 Å². The van der Waals surface area contributed by atoms with E-state index in [4.69, 9.17) is 4.74 Å². The van der Waals surface area contributed by atoms with Crippen molar-refractivity contribution in [3.63, 3.8) is 0 Å². The molecule has 6 aromatic rings. The van der Waals surface area contributed by atoms with Crippen molar-refractivity contribution in [1.82, 2.24) is 0 Å². The van der Waals surface area contributed by atoms with Crippen LogP contribution in [-0.2, 0) is 12.8 Å². The van der Waals surface area contributed by atoms with Gasteiger partial charge >= 0.3 is 0 Å². The Kier molecular flexibility index (Phi) is 4.62. The standard InChI is InChI=1S/C30H24OS/c1-19-8-7-13-26(31-2)23(19)16-14-22-18-21-10-4-6-12-25(21)29-28-24-11-5-3-9-20(24)15-17-27(28)32-30(22)29/h3-13,15,17-18H,14,16H2,1-2H3. The zero-order valence-electron chi connectivity index (χ0n) is 18.3. The van der Waals surface area contributed by atoms with Gasteiger partial charge in [-0.25, -0.2) is 0 Å². The van der Waals surface area contributed by atoms with Crippen LogP contribution < -0.4 is 4.74 Å². The van der Waals surface area contributed by atoms with Gasteiger partial charge in [-0.2, -0.15) is 0 Å². The maximum atomic E-state index is 5.67. The molecule has 0 radical (unpaired) electrons. The average Bonchev–Trinajstić information content (AvgIpc) is 3.23. The molecule has 0 aliphatic heterocycles. The van der Waals surface area contributed by atoms with Gasteiger partial charge in [-0.15, -0.1) is 11.3 Å². The Labute approximate surface area is 191 Å². The van der Waals surface area contributed by atoms with Gasteiger partial charge in [-0.05, 0) is 76.2 Å². The van der Waals surface area contributed by atoms with E-state index in [1.165, 1.54) is 58.4 Å². The predicted molar refractivity (Wildman–Crippen MR) is 139 cm³/mol. The molecule has 0 amide bonds. The fourth-order valence-electron chi connectivity index (χ4n) is 5.09. The molecule has 2 heteroatoms. The molecular formula is C30H24OS. The lowest BCUT2D eigenvalue weighted by Gasteiger charge is -2.13. The van der Waals surface area contributed by atoms with Crippen molar-refractivity contribution in [3.05, 3.63) is 102 Å². The van der Waals surface area contributed by atoms with Gasteiger partial charge in [0.15, 0.2) is 0 Å². The summed E-state index contributed by atoms with van der Waals surface area (Å²) in [4.78, 5) is 0. The Balaban J connectivity index is 1.61. The summed E-state index contributed by atoms with van der Waals surface area (Å²) in [5, 5.41) is 8.13. The molecule has 156 valence electrons. The van der Waals surface area contributed by atoms with Crippen LogP contribution in [-0.4, -0.2) is 7.11 Å². The van der Waals surface area contributed by atoms with Gasteiger partial charge in [0.2, 0.25) is 0 Å². The van der Waals surface area contributed by atoms with Crippen molar-refractivity contribution >= 4 is 53.1 Å². The largest absolute Gasteiger partial charge is 0.496 e. The average molecular weight is 433 g/mol. The predicted octanol–water partition coefficient (Wildman–Crippen LogP) is 8.46. The van der Waals surface area contributed by atoms with E-state index in [2.05, 4.69) is 91.9 Å². The molecule has 1 aromatic heterocycles. The van der Waals surface area contributed by atoms with Crippen molar-refractivity contribution in [2.45, 2.75) is 19.8 Å². The number of ether oxygens (including phenoxy) is 1. The van der Waals surface area contributed by atoms with Gasteiger partial charge in [-0.1, -0.05) is 66.7 Å². The number of thiophene rings is 1. The van der Waals surface area contributed by atoms with Crippen LogP contribution in [0.2, 0.25) is 0 Å². The van der Waals surface area contributed by atoms with Crippen LogP contribution in [0.1, 0.15) is 16.7 Å². The number of benzene rings is 5. The topological polar surface area (TPSA) is 9.23 Å². The molecular weight excluding hydrogens is 408 g/mol. The van der Waals surface area contributed by atoms with E-state index in [9.17, 15) is 0 Å². The van der Waals surface area contributed by atoms with Crippen LogP contribution in [0.15, 0.2) is 84.9 Å². The Hall–Kier alpha value is -3.36. The van der Waals surface area contributed by atoms with E-state index < -0.39 is 0 Å². The second kappa shape index (κ2) is 7.65. The number of rotatable bonds is 4. The highest BCUT2D eigenvalue weighted by Crippen LogP contribution is 2.44. The molecule has 32 heavy (non-hydrogen) atoms. The Morgan fingerprint density at radius 2 is 1.47 bits per heavy atom. The lowest BCUT2D eigenvalue weighted by Crippen LogP contribution is -1.98. The lowest BCUT2D eigenvalue weighted by molar-refractivity contribution is 0.409. The Morgan fingerprint density at radius 1 is 0.719 bits per heavy atom. The zero-order valence-corrected chi connectivity index (χ0v) is 19.1. The van der Waals surface area contributed by atoms with Crippen LogP contribution >= 0.6 is 11.3 Å². The maximum absolute atomic E-state index is 5.67. The first-order chi connectivity index (χ1) is 15.7. The van der Waals surface area contributed by atoms with E-state index in [-0.39, 0.29) is 0 Å². The van der Waals surface area contributed by atoms with Gasteiger partial charge in [0, 0.05) is 20.2 Å². The van der Waals surface area contributed by atoms with Gasteiger partial charge < -0.3 is 4.74 Å². The third kappa shape index (κ3) is 2.98. The highest BCUT2D eigenvalue weighted by molar-refractivity contribution is 7.26.